The fourth-order valence-corrected chi connectivity index (χ4v) is 5.72. The van der Waals surface area contributed by atoms with Gasteiger partial charge in [-0.05, 0) is 29.1 Å². The minimum Gasteiger partial charge on any atom is -0.325 e. The van der Waals surface area contributed by atoms with E-state index in [1.807, 2.05) is 40.7 Å². The molecule has 0 radical (unpaired) electrons. The Bertz CT molecular complexity index is 1240. The molecule has 33 heavy (non-hydrogen) atoms. The minimum atomic E-state index is -0.597. The summed E-state index contributed by atoms with van der Waals surface area (Å²) in [4.78, 5) is 30.6. The van der Waals surface area contributed by atoms with Crippen LogP contribution < -0.4 is 5.32 Å². The van der Waals surface area contributed by atoms with E-state index in [1.54, 1.807) is 35.6 Å². The molecule has 1 N–H and O–H groups in total. The van der Waals surface area contributed by atoms with Crippen molar-refractivity contribution in [1.82, 2.24) is 5.01 Å². The number of anilines is 1. The van der Waals surface area contributed by atoms with Gasteiger partial charge in [-0.25, -0.2) is 5.01 Å². The van der Waals surface area contributed by atoms with E-state index in [4.69, 9.17) is 16.7 Å². The summed E-state index contributed by atoms with van der Waals surface area (Å²) < 4.78 is 0. The lowest BCUT2D eigenvalue weighted by atomic mass is 10.0. The third-order valence-electron chi connectivity index (χ3n) is 5.34. The number of carbonyl (C=O) groups excluding carboxylic acids is 2. The van der Waals surface area contributed by atoms with Crippen molar-refractivity contribution >= 4 is 63.1 Å². The molecule has 6 nitrogen and oxygen atoms in total. The number of halogens is 1. The van der Waals surface area contributed by atoms with E-state index in [2.05, 4.69) is 22.4 Å². The molecule has 3 aromatic rings. The van der Waals surface area contributed by atoms with Gasteiger partial charge < -0.3 is 5.32 Å². The molecule has 0 saturated carbocycles. The standard InChI is InChI=1S/C24H19ClN4O2S2/c25-16-9-4-5-10-17(16)26-22(30)14-21-23(31)27-24(33-21)29-19(15-7-2-1-3-8-15)13-18(28-29)20-11-6-12-32-20/h1-12,19,21H,13-14H2,(H,26,30)/t19-,21-/m0/s1. The number of amides is 2. The van der Waals surface area contributed by atoms with E-state index in [1.165, 1.54) is 11.8 Å². The van der Waals surface area contributed by atoms with Gasteiger partial charge in [-0.15, -0.1) is 11.3 Å². The average molecular weight is 495 g/mol. The van der Waals surface area contributed by atoms with Crippen molar-refractivity contribution in [3.05, 3.63) is 87.6 Å². The molecular formula is C24H19ClN4O2S2. The summed E-state index contributed by atoms with van der Waals surface area (Å²) in [5.41, 5.74) is 2.59. The van der Waals surface area contributed by atoms with E-state index in [-0.39, 0.29) is 24.3 Å². The monoisotopic (exact) mass is 494 g/mol. The first-order valence-corrected chi connectivity index (χ1v) is 12.5. The number of hydrogen-bond donors (Lipinski definition) is 1. The molecular weight excluding hydrogens is 476 g/mol. The predicted octanol–water partition coefficient (Wildman–Crippen LogP) is 5.58. The van der Waals surface area contributed by atoms with Gasteiger partial charge in [0.25, 0.3) is 5.91 Å². The summed E-state index contributed by atoms with van der Waals surface area (Å²) in [6, 6.07) is 21.1. The second-order valence-electron chi connectivity index (χ2n) is 7.57. The third kappa shape index (κ3) is 4.73. The van der Waals surface area contributed by atoms with Gasteiger partial charge in [-0.2, -0.15) is 10.1 Å². The molecule has 5 rings (SSSR count). The van der Waals surface area contributed by atoms with Crippen molar-refractivity contribution in [3.63, 3.8) is 0 Å². The van der Waals surface area contributed by atoms with Gasteiger partial charge in [0.05, 0.1) is 27.3 Å². The van der Waals surface area contributed by atoms with Crippen molar-refractivity contribution in [3.8, 4) is 0 Å². The largest absolute Gasteiger partial charge is 0.325 e. The molecule has 2 amide bonds. The number of hydrogen-bond acceptors (Lipinski definition) is 6. The van der Waals surface area contributed by atoms with Crippen LogP contribution >= 0.6 is 34.7 Å². The molecule has 2 aliphatic rings. The molecule has 0 aliphatic carbocycles. The number of para-hydroxylation sites is 1. The SMILES string of the molecule is O=C(C[C@@H]1SC(N2N=C(c3cccs3)C[C@H]2c2ccccc2)=NC1=O)Nc1ccccc1Cl. The smallest absolute Gasteiger partial charge is 0.262 e. The second-order valence-corrected chi connectivity index (χ2v) is 10.1. The zero-order chi connectivity index (χ0) is 22.8. The summed E-state index contributed by atoms with van der Waals surface area (Å²) in [6.07, 6.45) is 0.725. The van der Waals surface area contributed by atoms with Crippen molar-refractivity contribution in [2.75, 3.05) is 5.32 Å². The first-order chi connectivity index (χ1) is 16.1. The molecule has 0 saturated heterocycles. The molecule has 1 aromatic heterocycles. The number of thiophene rings is 1. The van der Waals surface area contributed by atoms with Crippen LogP contribution in [0.4, 0.5) is 5.69 Å². The van der Waals surface area contributed by atoms with E-state index in [0.29, 0.717) is 15.9 Å². The maximum Gasteiger partial charge on any atom is 0.262 e. The predicted molar refractivity (Wildman–Crippen MR) is 135 cm³/mol. The lowest BCUT2D eigenvalue weighted by Gasteiger charge is -2.23. The molecule has 2 aromatic carbocycles. The van der Waals surface area contributed by atoms with Crippen molar-refractivity contribution in [2.24, 2.45) is 10.1 Å². The van der Waals surface area contributed by atoms with E-state index < -0.39 is 5.25 Å². The molecule has 0 unspecified atom stereocenters. The van der Waals surface area contributed by atoms with Crippen LogP contribution in [-0.4, -0.2) is 33.0 Å². The zero-order valence-corrected chi connectivity index (χ0v) is 19.7. The number of hydrazone groups is 1. The Kier molecular flexibility index (Phi) is 6.30. The van der Waals surface area contributed by atoms with Gasteiger partial charge in [0.1, 0.15) is 5.25 Å². The molecule has 0 fully saturated rings. The quantitative estimate of drug-likeness (QED) is 0.502. The fourth-order valence-electron chi connectivity index (χ4n) is 3.75. The topological polar surface area (TPSA) is 74.1 Å². The Morgan fingerprint density at radius 3 is 2.64 bits per heavy atom. The molecule has 2 aliphatic heterocycles. The maximum atomic E-state index is 12.7. The van der Waals surface area contributed by atoms with Crippen LogP contribution in [0.5, 0.6) is 0 Å². The Balaban J connectivity index is 1.33. The zero-order valence-electron chi connectivity index (χ0n) is 17.3. The maximum absolute atomic E-state index is 12.7. The number of aliphatic imine (C=N–C) groups is 1. The van der Waals surface area contributed by atoms with Crippen LogP contribution in [0.25, 0.3) is 0 Å². The Labute approximate surface area is 204 Å². The molecule has 9 heteroatoms. The number of amidine groups is 1. The average Bonchev–Trinajstić information content (AvgIpc) is 3.56. The normalized spacial score (nSPS) is 20.0. The van der Waals surface area contributed by atoms with Gasteiger partial charge in [0, 0.05) is 12.8 Å². The van der Waals surface area contributed by atoms with E-state index >= 15 is 0 Å². The highest BCUT2D eigenvalue weighted by atomic mass is 35.5. The minimum absolute atomic E-state index is 0.00701. The van der Waals surface area contributed by atoms with Crippen LogP contribution in [0.2, 0.25) is 5.02 Å². The Morgan fingerprint density at radius 2 is 1.88 bits per heavy atom. The van der Waals surface area contributed by atoms with Crippen molar-refractivity contribution in [2.45, 2.75) is 24.1 Å². The Hall–Kier alpha value is -2.94. The van der Waals surface area contributed by atoms with Crippen LogP contribution in [0.1, 0.15) is 29.3 Å². The molecule has 0 spiro atoms. The second kappa shape index (κ2) is 9.51. The number of carbonyl (C=O) groups is 2. The number of rotatable bonds is 5. The van der Waals surface area contributed by atoms with Crippen molar-refractivity contribution in [1.29, 1.82) is 0 Å². The highest BCUT2D eigenvalue weighted by molar-refractivity contribution is 8.15. The van der Waals surface area contributed by atoms with Crippen LogP contribution in [0, 0.1) is 0 Å². The summed E-state index contributed by atoms with van der Waals surface area (Å²) in [5.74, 6) is -0.606. The van der Waals surface area contributed by atoms with E-state index in [0.717, 1.165) is 22.6 Å². The van der Waals surface area contributed by atoms with Crippen LogP contribution in [0.3, 0.4) is 0 Å². The highest BCUT2D eigenvalue weighted by Crippen LogP contribution is 2.39. The first-order valence-electron chi connectivity index (χ1n) is 10.4. The number of nitrogens with one attached hydrogen (secondary N) is 1. The molecule has 166 valence electrons. The van der Waals surface area contributed by atoms with Gasteiger partial charge in [-0.1, -0.05) is 71.9 Å². The van der Waals surface area contributed by atoms with Gasteiger partial charge in [0.15, 0.2) is 5.17 Å². The number of benzene rings is 2. The highest BCUT2D eigenvalue weighted by Gasteiger charge is 2.39. The van der Waals surface area contributed by atoms with Gasteiger partial charge >= 0.3 is 0 Å². The summed E-state index contributed by atoms with van der Waals surface area (Å²) >= 11 is 9.05. The lowest BCUT2D eigenvalue weighted by Crippen LogP contribution is -2.25. The molecule has 0 bridgehead atoms. The van der Waals surface area contributed by atoms with Crippen LogP contribution in [0.15, 0.2) is 82.2 Å². The van der Waals surface area contributed by atoms with Gasteiger partial charge in [-0.3, -0.25) is 9.59 Å². The third-order valence-corrected chi connectivity index (χ3v) is 7.73. The molecule has 3 heterocycles. The fraction of sp³-hybridized carbons (Fsp3) is 0.167. The van der Waals surface area contributed by atoms with Crippen LogP contribution in [-0.2, 0) is 9.59 Å². The summed E-state index contributed by atoms with van der Waals surface area (Å²) in [6.45, 7) is 0. The Morgan fingerprint density at radius 1 is 1.09 bits per heavy atom. The first kappa shape index (κ1) is 21.9. The lowest BCUT2D eigenvalue weighted by molar-refractivity contribution is -0.121. The molecule has 2 atom stereocenters. The summed E-state index contributed by atoms with van der Waals surface area (Å²) in [5, 5.41) is 11.8. The number of nitrogens with zero attached hydrogens (tertiary/aromatic N) is 3. The summed E-state index contributed by atoms with van der Waals surface area (Å²) in [7, 11) is 0. The number of thioether (sulfide) groups is 1. The van der Waals surface area contributed by atoms with Gasteiger partial charge in [0.2, 0.25) is 5.91 Å². The van der Waals surface area contributed by atoms with E-state index in [9.17, 15) is 9.59 Å². The van der Waals surface area contributed by atoms with Crippen molar-refractivity contribution < 1.29 is 9.59 Å².